The molecule has 92 valence electrons. The maximum atomic E-state index is 11.9. The van der Waals surface area contributed by atoms with Gasteiger partial charge in [0.15, 0.2) is 4.90 Å². The SMILES string of the molecule is CON(C)C(=O)C1CS[S+](c2cccnc2)C1. The minimum atomic E-state index is 0.0634. The fourth-order valence-electron chi connectivity index (χ4n) is 1.58. The highest BCUT2D eigenvalue weighted by Crippen LogP contribution is 2.36. The number of pyridine rings is 1. The predicted octanol–water partition coefficient (Wildman–Crippen LogP) is 1.36. The van der Waals surface area contributed by atoms with Gasteiger partial charge in [-0.15, -0.1) is 0 Å². The van der Waals surface area contributed by atoms with Crippen molar-refractivity contribution in [2.75, 3.05) is 25.7 Å². The Hall–Kier alpha value is -0.720. The average molecular weight is 271 g/mol. The molecule has 1 aliphatic rings. The zero-order valence-corrected chi connectivity index (χ0v) is 11.5. The van der Waals surface area contributed by atoms with E-state index in [4.69, 9.17) is 4.84 Å². The van der Waals surface area contributed by atoms with E-state index < -0.39 is 0 Å². The second kappa shape index (κ2) is 5.75. The van der Waals surface area contributed by atoms with Gasteiger partial charge in [0.05, 0.1) is 45.7 Å². The molecular formula is C11H15N2O2S2+. The average Bonchev–Trinajstić information content (AvgIpc) is 2.87. The third-order valence-corrected chi connectivity index (χ3v) is 7.14. The standard InChI is InChI=1S/C11H15N2O2S2/c1-13(15-2)11(14)9-7-16-17(8-9)10-4-3-5-12-6-10/h3-6,9H,7-8H2,1-2H3/q+1. The lowest BCUT2D eigenvalue weighted by molar-refractivity contribution is -0.171. The van der Waals surface area contributed by atoms with E-state index in [0.717, 1.165) is 11.5 Å². The molecule has 1 saturated heterocycles. The molecule has 0 spiro atoms. The minimum Gasteiger partial charge on any atom is -0.275 e. The van der Waals surface area contributed by atoms with Crippen LogP contribution in [0.5, 0.6) is 0 Å². The van der Waals surface area contributed by atoms with Gasteiger partial charge in [-0.2, -0.15) is 0 Å². The summed E-state index contributed by atoms with van der Waals surface area (Å²) >= 11 is 0. The van der Waals surface area contributed by atoms with Gasteiger partial charge in [-0.1, -0.05) is 0 Å². The van der Waals surface area contributed by atoms with E-state index in [-0.39, 0.29) is 21.8 Å². The molecule has 0 aromatic carbocycles. The molecule has 0 bridgehead atoms. The van der Waals surface area contributed by atoms with Crippen LogP contribution in [-0.2, 0) is 19.6 Å². The molecule has 0 N–H and O–H groups in total. The Morgan fingerprint density at radius 3 is 3.18 bits per heavy atom. The Labute approximate surface area is 107 Å². The predicted molar refractivity (Wildman–Crippen MR) is 70.5 cm³/mol. The Morgan fingerprint density at radius 1 is 1.71 bits per heavy atom. The zero-order valence-electron chi connectivity index (χ0n) is 9.83. The topological polar surface area (TPSA) is 42.4 Å². The molecule has 1 aromatic heterocycles. The third-order valence-electron chi connectivity index (χ3n) is 2.59. The molecule has 0 radical (unpaired) electrons. The molecule has 2 unspecified atom stereocenters. The highest BCUT2D eigenvalue weighted by atomic mass is 33.1. The molecule has 1 amide bonds. The second-order valence-corrected chi connectivity index (χ2v) is 7.68. The molecule has 0 saturated carbocycles. The summed E-state index contributed by atoms with van der Waals surface area (Å²) in [6, 6.07) is 4.02. The van der Waals surface area contributed by atoms with Crippen LogP contribution >= 0.6 is 10.8 Å². The maximum absolute atomic E-state index is 11.9. The first kappa shape index (κ1) is 12.7. The molecule has 1 aliphatic heterocycles. The van der Waals surface area contributed by atoms with Crippen molar-refractivity contribution in [3.05, 3.63) is 24.5 Å². The first-order chi connectivity index (χ1) is 8.22. The van der Waals surface area contributed by atoms with Crippen LogP contribution in [0.4, 0.5) is 0 Å². The van der Waals surface area contributed by atoms with Crippen LogP contribution in [0.25, 0.3) is 0 Å². The lowest BCUT2D eigenvalue weighted by Gasteiger charge is -2.15. The molecule has 2 heterocycles. The van der Waals surface area contributed by atoms with E-state index >= 15 is 0 Å². The fourth-order valence-corrected chi connectivity index (χ4v) is 6.25. The van der Waals surface area contributed by atoms with Crippen LogP contribution in [0.3, 0.4) is 0 Å². The largest absolute Gasteiger partial charge is 0.275 e. The van der Waals surface area contributed by atoms with Gasteiger partial charge in [0, 0.05) is 13.2 Å². The quantitative estimate of drug-likeness (QED) is 0.473. The van der Waals surface area contributed by atoms with Gasteiger partial charge in [-0.05, 0) is 12.1 Å². The van der Waals surface area contributed by atoms with Crippen LogP contribution in [0.15, 0.2) is 29.4 Å². The van der Waals surface area contributed by atoms with E-state index in [0.29, 0.717) is 0 Å². The minimum absolute atomic E-state index is 0.0634. The number of rotatable bonds is 3. The normalized spacial score (nSPS) is 23.6. The summed E-state index contributed by atoms with van der Waals surface area (Å²) in [7, 11) is 5.11. The van der Waals surface area contributed by atoms with E-state index in [1.165, 1.54) is 17.1 Å². The van der Waals surface area contributed by atoms with Crippen molar-refractivity contribution in [1.82, 2.24) is 10.0 Å². The third kappa shape index (κ3) is 2.94. The Morgan fingerprint density at radius 2 is 2.53 bits per heavy atom. The number of carbonyl (C=O) groups excluding carboxylic acids is 1. The van der Waals surface area contributed by atoms with Crippen molar-refractivity contribution in [2.24, 2.45) is 5.92 Å². The van der Waals surface area contributed by atoms with Crippen molar-refractivity contribution in [3.8, 4) is 0 Å². The molecular weight excluding hydrogens is 256 g/mol. The zero-order chi connectivity index (χ0) is 12.3. The van der Waals surface area contributed by atoms with Crippen LogP contribution in [0.1, 0.15) is 0 Å². The lowest BCUT2D eigenvalue weighted by atomic mass is 10.2. The summed E-state index contributed by atoms with van der Waals surface area (Å²) in [6.07, 6.45) is 3.66. The summed E-state index contributed by atoms with van der Waals surface area (Å²) < 4.78 is 0. The van der Waals surface area contributed by atoms with Crippen molar-refractivity contribution >= 4 is 26.6 Å². The maximum Gasteiger partial charge on any atom is 0.254 e. The van der Waals surface area contributed by atoms with Crippen LogP contribution < -0.4 is 0 Å². The van der Waals surface area contributed by atoms with Crippen molar-refractivity contribution in [1.29, 1.82) is 0 Å². The van der Waals surface area contributed by atoms with Crippen molar-refractivity contribution < 1.29 is 9.63 Å². The van der Waals surface area contributed by atoms with Gasteiger partial charge >= 0.3 is 0 Å². The number of hydrogen-bond acceptors (Lipinski definition) is 4. The van der Waals surface area contributed by atoms with Gasteiger partial charge < -0.3 is 0 Å². The molecule has 2 rings (SSSR count). The number of aromatic nitrogens is 1. The van der Waals surface area contributed by atoms with Gasteiger partial charge in [0.1, 0.15) is 5.75 Å². The van der Waals surface area contributed by atoms with Gasteiger partial charge in [-0.25, -0.2) is 5.06 Å². The summed E-state index contributed by atoms with van der Waals surface area (Å²) in [5.74, 6) is 1.89. The van der Waals surface area contributed by atoms with Crippen LogP contribution in [-0.4, -0.2) is 41.6 Å². The molecule has 1 fully saturated rings. The van der Waals surface area contributed by atoms with Crippen LogP contribution in [0.2, 0.25) is 0 Å². The van der Waals surface area contributed by atoms with E-state index in [2.05, 4.69) is 11.1 Å². The molecule has 0 aliphatic carbocycles. The Kier molecular flexibility index (Phi) is 4.31. The molecule has 1 aromatic rings. The monoisotopic (exact) mass is 271 g/mol. The van der Waals surface area contributed by atoms with E-state index in [1.54, 1.807) is 13.2 Å². The highest BCUT2D eigenvalue weighted by Gasteiger charge is 2.42. The fraction of sp³-hybridized carbons (Fsp3) is 0.455. The van der Waals surface area contributed by atoms with Gasteiger partial charge in [-0.3, -0.25) is 14.6 Å². The summed E-state index contributed by atoms with van der Waals surface area (Å²) in [4.78, 5) is 22.2. The number of hydrogen-bond donors (Lipinski definition) is 0. The van der Waals surface area contributed by atoms with Crippen molar-refractivity contribution in [2.45, 2.75) is 4.90 Å². The van der Waals surface area contributed by atoms with Crippen LogP contribution in [0, 0.1) is 5.92 Å². The second-order valence-electron chi connectivity index (χ2n) is 3.70. The van der Waals surface area contributed by atoms with E-state index in [1.807, 2.05) is 23.1 Å². The van der Waals surface area contributed by atoms with Gasteiger partial charge in [0.2, 0.25) is 0 Å². The number of nitrogens with zero attached hydrogens (tertiary/aromatic N) is 2. The lowest BCUT2D eigenvalue weighted by Crippen LogP contribution is -2.33. The molecule has 17 heavy (non-hydrogen) atoms. The Bertz CT molecular complexity index is 388. The smallest absolute Gasteiger partial charge is 0.254 e. The van der Waals surface area contributed by atoms with Gasteiger partial charge in [0.25, 0.3) is 5.91 Å². The highest BCUT2D eigenvalue weighted by molar-refractivity contribution is 8.74. The van der Waals surface area contributed by atoms with E-state index in [9.17, 15) is 4.79 Å². The molecule has 2 atom stereocenters. The summed E-state index contributed by atoms with van der Waals surface area (Å²) in [6.45, 7) is 0. The number of hydroxylamine groups is 2. The number of carbonyl (C=O) groups is 1. The summed E-state index contributed by atoms with van der Waals surface area (Å²) in [5.41, 5.74) is 0. The van der Waals surface area contributed by atoms with Crippen molar-refractivity contribution in [3.63, 3.8) is 0 Å². The molecule has 4 nitrogen and oxygen atoms in total. The number of amides is 1. The Balaban J connectivity index is 1.98. The summed E-state index contributed by atoms with van der Waals surface area (Å²) in [5, 5.41) is 1.32. The molecule has 6 heteroatoms. The first-order valence-electron chi connectivity index (χ1n) is 5.28. The first-order valence-corrected chi connectivity index (χ1v) is 8.18.